The van der Waals surface area contributed by atoms with E-state index in [1.54, 1.807) is 30.1 Å². The van der Waals surface area contributed by atoms with Crippen LogP contribution < -0.4 is 10.9 Å². The van der Waals surface area contributed by atoms with Crippen LogP contribution in [0, 0.1) is 13.8 Å². The standard InChI is InChI=1S/C23H24N6O2/c1-13-7-8-18(26-22(30)20-14(2)17-6-4-5-11-29(17)27-20)25-19(13)16-12-28(3)23(31)21-15(16)9-10-24-21/h7-10,12,24H,4-6,11H2,1-3H3,(H,25,26,30). The van der Waals surface area contributed by atoms with Crippen LogP contribution in [0.25, 0.3) is 22.2 Å². The maximum Gasteiger partial charge on any atom is 0.277 e. The molecule has 8 nitrogen and oxygen atoms in total. The molecule has 0 fully saturated rings. The van der Waals surface area contributed by atoms with Crippen molar-refractivity contribution in [3.8, 4) is 11.3 Å². The van der Waals surface area contributed by atoms with Gasteiger partial charge in [0.05, 0.1) is 5.69 Å². The van der Waals surface area contributed by atoms with Crippen molar-refractivity contribution in [2.45, 2.75) is 39.7 Å². The lowest BCUT2D eigenvalue weighted by Crippen LogP contribution is -2.17. The van der Waals surface area contributed by atoms with Crippen molar-refractivity contribution in [3.63, 3.8) is 0 Å². The fourth-order valence-electron chi connectivity index (χ4n) is 4.36. The third kappa shape index (κ3) is 3.15. The molecule has 158 valence electrons. The maximum absolute atomic E-state index is 13.0. The molecule has 0 unspecified atom stereocenters. The number of H-pyrrole nitrogens is 1. The highest BCUT2D eigenvalue weighted by atomic mass is 16.2. The lowest BCUT2D eigenvalue weighted by molar-refractivity contribution is 0.102. The summed E-state index contributed by atoms with van der Waals surface area (Å²) >= 11 is 0. The van der Waals surface area contributed by atoms with Crippen molar-refractivity contribution in [1.82, 2.24) is 24.3 Å². The number of nitrogens with one attached hydrogen (secondary N) is 2. The molecule has 4 aromatic rings. The lowest BCUT2D eigenvalue weighted by Gasteiger charge is -2.13. The Hall–Kier alpha value is -3.68. The third-order valence-electron chi connectivity index (χ3n) is 6.06. The first-order valence-electron chi connectivity index (χ1n) is 10.5. The Bertz CT molecular complexity index is 1390. The zero-order valence-electron chi connectivity index (χ0n) is 17.8. The fourth-order valence-corrected chi connectivity index (χ4v) is 4.36. The van der Waals surface area contributed by atoms with E-state index in [1.165, 1.54) is 0 Å². The zero-order valence-corrected chi connectivity index (χ0v) is 17.8. The van der Waals surface area contributed by atoms with Gasteiger partial charge in [-0.25, -0.2) is 4.98 Å². The maximum atomic E-state index is 13.0. The topological polar surface area (TPSA) is 97.6 Å². The first kappa shape index (κ1) is 19.3. The van der Waals surface area contributed by atoms with Crippen LogP contribution in [0.4, 0.5) is 5.82 Å². The van der Waals surface area contributed by atoms with Crippen LogP contribution in [0.1, 0.15) is 40.2 Å². The number of anilines is 1. The molecule has 4 aromatic heterocycles. The molecule has 0 bridgehead atoms. The van der Waals surface area contributed by atoms with Gasteiger partial charge in [-0.05, 0) is 50.8 Å². The third-order valence-corrected chi connectivity index (χ3v) is 6.06. The first-order chi connectivity index (χ1) is 14.9. The Morgan fingerprint density at radius 3 is 2.84 bits per heavy atom. The van der Waals surface area contributed by atoms with Crippen LogP contribution in [0.5, 0.6) is 0 Å². The molecular weight excluding hydrogens is 392 g/mol. The molecule has 5 heterocycles. The molecule has 31 heavy (non-hydrogen) atoms. The van der Waals surface area contributed by atoms with Crippen LogP contribution in [0.15, 0.2) is 35.4 Å². The van der Waals surface area contributed by atoms with Crippen molar-refractivity contribution >= 4 is 22.6 Å². The number of fused-ring (bicyclic) bond motifs is 2. The van der Waals surface area contributed by atoms with Crippen molar-refractivity contribution < 1.29 is 4.79 Å². The van der Waals surface area contributed by atoms with Gasteiger partial charge in [0.15, 0.2) is 5.69 Å². The SMILES string of the molecule is Cc1ccc(NC(=O)c2nn3c(c2C)CCCC3)nc1-c1cn(C)c(=O)c2[nH]ccc12. The number of nitrogens with zero attached hydrogens (tertiary/aromatic N) is 4. The Balaban J connectivity index is 1.53. The number of aryl methyl sites for hydroxylation is 3. The van der Waals surface area contributed by atoms with Gasteiger partial charge in [-0.1, -0.05) is 6.07 Å². The zero-order chi connectivity index (χ0) is 21.7. The molecule has 0 aliphatic carbocycles. The monoisotopic (exact) mass is 416 g/mol. The van der Waals surface area contributed by atoms with E-state index in [0.29, 0.717) is 17.0 Å². The molecular formula is C23H24N6O2. The minimum Gasteiger partial charge on any atom is -0.357 e. The highest BCUT2D eigenvalue weighted by molar-refractivity contribution is 6.04. The number of aromatic nitrogens is 5. The largest absolute Gasteiger partial charge is 0.357 e. The molecule has 0 aromatic carbocycles. The normalized spacial score (nSPS) is 13.4. The first-order valence-corrected chi connectivity index (χ1v) is 10.5. The molecule has 0 atom stereocenters. The Kier molecular flexibility index (Phi) is 4.50. The smallest absolute Gasteiger partial charge is 0.277 e. The van der Waals surface area contributed by atoms with E-state index in [4.69, 9.17) is 4.98 Å². The van der Waals surface area contributed by atoms with Gasteiger partial charge in [-0.3, -0.25) is 14.3 Å². The van der Waals surface area contributed by atoms with Gasteiger partial charge >= 0.3 is 0 Å². The van der Waals surface area contributed by atoms with Crippen LogP contribution >= 0.6 is 0 Å². The van der Waals surface area contributed by atoms with Crippen molar-refractivity contribution in [1.29, 1.82) is 0 Å². The van der Waals surface area contributed by atoms with E-state index in [-0.39, 0.29) is 11.5 Å². The molecule has 0 radical (unpaired) electrons. The van der Waals surface area contributed by atoms with Crippen molar-refractivity contribution in [2.75, 3.05) is 5.32 Å². The van der Waals surface area contributed by atoms with E-state index in [2.05, 4.69) is 15.4 Å². The number of rotatable bonds is 3. The summed E-state index contributed by atoms with van der Waals surface area (Å²) < 4.78 is 3.49. The number of carbonyl (C=O) groups is 1. The van der Waals surface area contributed by atoms with Crippen LogP contribution in [0.2, 0.25) is 0 Å². The fraction of sp³-hybridized carbons (Fsp3) is 0.304. The number of amides is 1. The van der Waals surface area contributed by atoms with Gasteiger partial charge in [-0.15, -0.1) is 0 Å². The number of hydrogen-bond acceptors (Lipinski definition) is 4. The minimum atomic E-state index is -0.256. The Morgan fingerprint density at radius 1 is 1.19 bits per heavy atom. The number of hydrogen-bond donors (Lipinski definition) is 2. The predicted molar refractivity (Wildman–Crippen MR) is 119 cm³/mol. The summed E-state index contributed by atoms with van der Waals surface area (Å²) in [5.41, 5.74) is 5.49. The van der Waals surface area contributed by atoms with E-state index in [0.717, 1.165) is 59.3 Å². The summed E-state index contributed by atoms with van der Waals surface area (Å²) in [6.45, 7) is 4.78. The number of aromatic amines is 1. The van der Waals surface area contributed by atoms with Crippen LogP contribution in [-0.4, -0.2) is 30.2 Å². The van der Waals surface area contributed by atoms with Gasteiger partial charge < -0.3 is 14.9 Å². The molecule has 5 rings (SSSR count). The van der Waals surface area contributed by atoms with Crippen LogP contribution in [-0.2, 0) is 20.0 Å². The average Bonchev–Trinajstić information content (AvgIpc) is 3.38. The summed E-state index contributed by atoms with van der Waals surface area (Å²) in [5, 5.41) is 8.25. The predicted octanol–water partition coefficient (Wildman–Crippen LogP) is 3.33. The number of carbonyl (C=O) groups excluding carboxylic acids is 1. The van der Waals surface area contributed by atoms with Crippen LogP contribution in [0.3, 0.4) is 0 Å². The highest BCUT2D eigenvalue weighted by Crippen LogP contribution is 2.29. The minimum absolute atomic E-state index is 0.0925. The van der Waals surface area contributed by atoms with Gasteiger partial charge in [0.2, 0.25) is 0 Å². The lowest BCUT2D eigenvalue weighted by atomic mass is 10.0. The summed E-state index contributed by atoms with van der Waals surface area (Å²) in [6, 6.07) is 5.59. The Labute approximate surface area is 178 Å². The summed E-state index contributed by atoms with van der Waals surface area (Å²) in [7, 11) is 1.72. The molecule has 0 saturated carbocycles. The van der Waals surface area contributed by atoms with Gasteiger partial charge in [0.25, 0.3) is 11.5 Å². The molecule has 1 aliphatic rings. The molecule has 1 amide bonds. The van der Waals surface area contributed by atoms with E-state index in [9.17, 15) is 9.59 Å². The van der Waals surface area contributed by atoms with Crippen molar-refractivity contribution in [3.05, 3.63) is 63.5 Å². The van der Waals surface area contributed by atoms with E-state index in [1.807, 2.05) is 30.7 Å². The molecule has 1 aliphatic heterocycles. The van der Waals surface area contributed by atoms with E-state index < -0.39 is 0 Å². The highest BCUT2D eigenvalue weighted by Gasteiger charge is 2.22. The van der Waals surface area contributed by atoms with E-state index >= 15 is 0 Å². The second-order valence-electron chi connectivity index (χ2n) is 8.14. The molecule has 2 N–H and O–H groups in total. The Morgan fingerprint density at radius 2 is 2.03 bits per heavy atom. The van der Waals surface area contributed by atoms with Crippen molar-refractivity contribution in [2.24, 2.45) is 7.05 Å². The van der Waals surface area contributed by atoms with Gasteiger partial charge in [0.1, 0.15) is 11.3 Å². The quantitative estimate of drug-likeness (QED) is 0.535. The second kappa shape index (κ2) is 7.23. The number of pyridine rings is 2. The molecule has 0 spiro atoms. The van der Waals surface area contributed by atoms with Gasteiger partial charge in [-0.2, -0.15) is 5.10 Å². The van der Waals surface area contributed by atoms with Gasteiger partial charge in [0, 0.05) is 48.2 Å². The second-order valence-corrected chi connectivity index (χ2v) is 8.14. The summed E-state index contributed by atoms with van der Waals surface area (Å²) in [4.78, 5) is 33.1. The summed E-state index contributed by atoms with van der Waals surface area (Å²) in [5.74, 6) is 0.197. The average molecular weight is 416 g/mol. The molecule has 8 heteroatoms. The summed E-state index contributed by atoms with van der Waals surface area (Å²) in [6.07, 6.45) is 6.71. The molecule has 0 saturated heterocycles.